The van der Waals surface area contributed by atoms with Gasteiger partial charge in [-0.25, -0.2) is 0 Å². The fourth-order valence-corrected chi connectivity index (χ4v) is 4.88. The standard InChI is InChI=1S/C25H34N4O6/c1-5-14(2)21(28(4)15(3)30)24(34)27-18-10-9-16-7-6-8-17-13-19(29(22(16)17)25(18)35)23(33)26-12-11-20(31)32/h6-8,14,18-19,21H,5,9-13H2,1-4H3,(H,26,33)(H,27,34)(H,31,32)/t14-,18-,19-,21-/m0/s1. The first kappa shape index (κ1) is 26.2. The number of carboxylic acids is 1. The number of amides is 4. The molecule has 0 spiro atoms. The highest BCUT2D eigenvalue weighted by Gasteiger charge is 2.44. The lowest BCUT2D eigenvalue weighted by Crippen LogP contribution is -2.58. The van der Waals surface area contributed by atoms with Crippen LogP contribution in [-0.4, -0.2) is 71.3 Å². The van der Waals surface area contributed by atoms with Gasteiger partial charge in [-0.2, -0.15) is 0 Å². The van der Waals surface area contributed by atoms with Crippen molar-refractivity contribution in [2.45, 2.75) is 71.0 Å². The molecule has 3 N–H and O–H groups in total. The second kappa shape index (κ2) is 10.9. The van der Waals surface area contributed by atoms with Gasteiger partial charge in [0.2, 0.25) is 23.6 Å². The van der Waals surface area contributed by atoms with E-state index in [9.17, 15) is 24.0 Å². The van der Waals surface area contributed by atoms with E-state index in [-0.39, 0.29) is 30.7 Å². The molecule has 0 bridgehead atoms. The van der Waals surface area contributed by atoms with E-state index in [4.69, 9.17) is 5.11 Å². The Morgan fingerprint density at radius 3 is 2.54 bits per heavy atom. The Morgan fingerprint density at radius 1 is 1.23 bits per heavy atom. The predicted octanol–water partition coefficient (Wildman–Crippen LogP) is 0.859. The van der Waals surface area contributed by atoms with E-state index in [2.05, 4.69) is 10.6 Å². The molecule has 0 fully saturated rings. The van der Waals surface area contributed by atoms with Crippen LogP contribution in [0.3, 0.4) is 0 Å². The highest BCUT2D eigenvalue weighted by molar-refractivity contribution is 6.08. The van der Waals surface area contributed by atoms with Crippen LogP contribution >= 0.6 is 0 Å². The van der Waals surface area contributed by atoms with E-state index in [1.165, 1.54) is 16.7 Å². The Bertz CT molecular complexity index is 1030. The van der Waals surface area contributed by atoms with E-state index in [1.807, 2.05) is 32.0 Å². The summed E-state index contributed by atoms with van der Waals surface area (Å²) in [5.74, 6) is -2.60. The number of carbonyl (C=O) groups excluding carboxylic acids is 4. The molecule has 0 saturated carbocycles. The van der Waals surface area contributed by atoms with Gasteiger partial charge in [0.25, 0.3) is 0 Å². The van der Waals surface area contributed by atoms with Gasteiger partial charge in [-0.3, -0.25) is 28.9 Å². The molecular weight excluding hydrogens is 452 g/mol. The number of aryl methyl sites for hydroxylation is 1. The van der Waals surface area contributed by atoms with Crippen molar-refractivity contribution >= 4 is 35.3 Å². The van der Waals surface area contributed by atoms with E-state index in [0.717, 1.165) is 11.1 Å². The summed E-state index contributed by atoms with van der Waals surface area (Å²) in [4.78, 5) is 65.7. The van der Waals surface area contributed by atoms with Gasteiger partial charge in [0, 0.05) is 26.9 Å². The summed E-state index contributed by atoms with van der Waals surface area (Å²) in [7, 11) is 1.58. The quantitative estimate of drug-likeness (QED) is 0.474. The molecule has 0 unspecified atom stereocenters. The van der Waals surface area contributed by atoms with Gasteiger partial charge in [0.1, 0.15) is 18.1 Å². The smallest absolute Gasteiger partial charge is 0.305 e. The molecule has 10 nitrogen and oxygen atoms in total. The lowest BCUT2D eigenvalue weighted by molar-refractivity contribution is -0.140. The summed E-state index contributed by atoms with van der Waals surface area (Å²) in [5, 5.41) is 14.4. The van der Waals surface area contributed by atoms with Gasteiger partial charge < -0.3 is 20.6 Å². The first-order valence-corrected chi connectivity index (χ1v) is 12.0. The number of likely N-dealkylation sites (N-methyl/N-ethyl adjacent to an activating group) is 1. The lowest BCUT2D eigenvalue weighted by Gasteiger charge is -2.33. The molecule has 0 saturated heterocycles. The summed E-state index contributed by atoms with van der Waals surface area (Å²) in [6.45, 7) is 5.18. The highest BCUT2D eigenvalue weighted by atomic mass is 16.4. The van der Waals surface area contributed by atoms with E-state index in [0.29, 0.717) is 31.4 Å². The number of carboxylic acid groups (broad SMARTS) is 1. The topological polar surface area (TPSA) is 136 Å². The molecule has 10 heteroatoms. The molecule has 1 aromatic rings. The zero-order chi connectivity index (χ0) is 25.9. The molecule has 190 valence electrons. The first-order chi connectivity index (χ1) is 16.6. The number of para-hydroxylation sites is 1. The predicted molar refractivity (Wildman–Crippen MR) is 129 cm³/mol. The summed E-state index contributed by atoms with van der Waals surface area (Å²) in [5.41, 5.74) is 2.50. The largest absolute Gasteiger partial charge is 0.481 e. The summed E-state index contributed by atoms with van der Waals surface area (Å²) in [6.07, 6.45) is 1.68. The van der Waals surface area contributed by atoms with Crippen LogP contribution in [0.1, 0.15) is 51.2 Å². The maximum absolute atomic E-state index is 13.7. The molecule has 2 aliphatic rings. The van der Waals surface area contributed by atoms with Crippen molar-refractivity contribution in [3.8, 4) is 0 Å². The molecule has 0 aromatic heterocycles. The van der Waals surface area contributed by atoms with Crippen molar-refractivity contribution in [1.29, 1.82) is 0 Å². The molecule has 35 heavy (non-hydrogen) atoms. The average molecular weight is 487 g/mol. The van der Waals surface area contributed by atoms with Crippen LogP contribution in [-0.2, 0) is 36.8 Å². The number of anilines is 1. The molecule has 0 radical (unpaired) electrons. The normalized spacial score (nSPS) is 20.3. The van der Waals surface area contributed by atoms with Crippen molar-refractivity contribution in [1.82, 2.24) is 15.5 Å². The summed E-state index contributed by atoms with van der Waals surface area (Å²) in [6, 6.07) is 3.28. The number of nitrogens with zero attached hydrogens (tertiary/aromatic N) is 2. The number of benzene rings is 1. The van der Waals surface area contributed by atoms with Crippen molar-refractivity contribution in [2.24, 2.45) is 5.92 Å². The maximum Gasteiger partial charge on any atom is 0.305 e. The van der Waals surface area contributed by atoms with Crippen molar-refractivity contribution in [2.75, 3.05) is 18.5 Å². The third kappa shape index (κ3) is 5.47. The van der Waals surface area contributed by atoms with E-state index < -0.39 is 35.9 Å². The minimum atomic E-state index is -1.03. The molecule has 4 atom stereocenters. The van der Waals surface area contributed by atoms with Gasteiger partial charge in [0.05, 0.1) is 12.1 Å². The first-order valence-electron chi connectivity index (χ1n) is 12.0. The number of aliphatic carboxylic acids is 1. The Hall–Kier alpha value is -3.43. The van der Waals surface area contributed by atoms with Gasteiger partial charge in [-0.05, 0) is 29.9 Å². The molecule has 2 aliphatic heterocycles. The Kier molecular flexibility index (Phi) is 8.14. The van der Waals surface area contributed by atoms with Crippen molar-refractivity contribution < 1.29 is 29.1 Å². The summed E-state index contributed by atoms with van der Waals surface area (Å²) >= 11 is 0. The lowest BCUT2D eigenvalue weighted by atomic mass is 9.96. The van der Waals surface area contributed by atoms with E-state index >= 15 is 0 Å². The van der Waals surface area contributed by atoms with Gasteiger partial charge in [-0.15, -0.1) is 0 Å². The molecule has 4 amide bonds. The molecule has 2 heterocycles. The Morgan fingerprint density at radius 2 is 1.91 bits per heavy atom. The number of hydrogen-bond donors (Lipinski definition) is 3. The third-order valence-corrected chi connectivity index (χ3v) is 7.03. The van der Waals surface area contributed by atoms with Crippen LogP contribution in [0, 0.1) is 5.92 Å². The van der Waals surface area contributed by atoms with Gasteiger partial charge >= 0.3 is 5.97 Å². The fraction of sp³-hybridized carbons (Fsp3) is 0.560. The number of nitrogens with one attached hydrogen (secondary N) is 2. The van der Waals surface area contributed by atoms with Crippen LogP contribution in [0.25, 0.3) is 0 Å². The highest BCUT2D eigenvalue weighted by Crippen LogP contribution is 2.39. The van der Waals surface area contributed by atoms with Gasteiger partial charge in [0.15, 0.2) is 0 Å². The molecule has 0 aliphatic carbocycles. The Labute approximate surface area is 205 Å². The monoisotopic (exact) mass is 486 g/mol. The second-order valence-corrected chi connectivity index (χ2v) is 9.35. The fourth-order valence-electron chi connectivity index (χ4n) is 4.88. The third-order valence-electron chi connectivity index (χ3n) is 7.03. The molecule has 1 aromatic carbocycles. The van der Waals surface area contributed by atoms with Crippen LogP contribution in [0.15, 0.2) is 18.2 Å². The van der Waals surface area contributed by atoms with Crippen LogP contribution in [0.4, 0.5) is 5.69 Å². The van der Waals surface area contributed by atoms with E-state index in [1.54, 1.807) is 7.05 Å². The van der Waals surface area contributed by atoms with Crippen LogP contribution in [0.2, 0.25) is 0 Å². The SMILES string of the molecule is CC[C@H](C)[C@@H](C(=O)N[C@H]1CCc2cccc3c2N(C1=O)[C@H](C(=O)NCCC(=O)O)C3)N(C)C(C)=O. The number of hydrogen-bond acceptors (Lipinski definition) is 5. The number of rotatable bonds is 9. The zero-order valence-corrected chi connectivity index (χ0v) is 20.7. The minimum Gasteiger partial charge on any atom is -0.481 e. The number of carbonyl (C=O) groups is 5. The van der Waals surface area contributed by atoms with Crippen LogP contribution < -0.4 is 15.5 Å². The Balaban J connectivity index is 1.86. The zero-order valence-electron chi connectivity index (χ0n) is 20.7. The van der Waals surface area contributed by atoms with Crippen molar-refractivity contribution in [3.63, 3.8) is 0 Å². The van der Waals surface area contributed by atoms with Gasteiger partial charge in [-0.1, -0.05) is 38.5 Å². The average Bonchev–Trinajstić information content (AvgIpc) is 3.14. The van der Waals surface area contributed by atoms with Crippen LogP contribution in [0.5, 0.6) is 0 Å². The maximum atomic E-state index is 13.7. The molecular formula is C25H34N4O6. The minimum absolute atomic E-state index is 0.0377. The summed E-state index contributed by atoms with van der Waals surface area (Å²) < 4.78 is 0. The molecule has 3 rings (SSSR count). The second-order valence-electron chi connectivity index (χ2n) is 9.35. The van der Waals surface area contributed by atoms with Crippen molar-refractivity contribution in [3.05, 3.63) is 29.3 Å².